The van der Waals surface area contributed by atoms with Gasteiger partial charge in [0.05, 0.1) is 0 Å². The lowest BCUT2D eigenvalue weighted by Crippen LogP contribution is -2.20. The zero-order chi connectivity index (χ0) is 25.8. The highest BCUT2D eigenvalue weighted by molar-refractivity contribution is 5.93. The number of aryl methyl sites for hydroxylation is 1. The number of anilines is 1. The van der Waals surface area contributed by atoms with Gasteiger partial charge in [-0.25, -0.2) is 4.98 Å². The number of nitrogens with one attached hydrogen (secondary N) is 1. The van der Waals surface area contributed by atoms with Gasteiger partial charge in [0.15, 0.2) is 0 Å². The van der Waals surface area contributed by atoms with Gasteiger partial charge in [-0.05, 0) is 42.0 Å². The summed E-state index contributed by atoms with van der Waals surface area (Å²) in [7, 11) is 0. The predicted octanol–water partition coefficient (Wildman–Crippen LogP) is 7.36. The van der Waals surface area contributed by atoms with E-state index in [4.69, 9.17) is 4.74 Å². The van der Waals surface area contributed by atoms with E-state index in [1.165, 1.54) is 10.9 Å². The average Bonchev–Trinajstić information content (AvgIpc) is 3.44. The Labute approximate surface area is 229 Å². The summed E-state index contributed by atoms with van der Waals surface area (Å²) in [4.78, 5) is 29.9. The lowest BCUT2D eigenvalue weighted by Gasteiger charge is -2.28. The number of fused-ring (bicyclic) bond motifs is 2. The zero-order valence-corrected chi connectivity index (χ0v) is 22.4. The topological polar surface area (TPSA) is 73.2 Å². The number of halogens is 1. The standard InChI is InChI=1S/C31H31N3O3.ClH/c1-21(2)23-13-7-9-22(10-8-16-30(36)34-18-17-32-20-34)31(23)33-29(35)19-26-24-11-3-5-14-27(24)37-28-15-6-4-12-25(26)28;/h3-7,9,11-15,17-18,20-21,26H,8,10,16,19H2,1-2H3,(H,33,35);1H. The average molecular weight is 530 g/mol. The molecule has 0 spiro atoms. The van der Waals surface area contributed by atoms with E-state index in [9.17, 15) is 9.59 Å². The van der Waals surface area contributed by atoms with E-state index in [-0.39, 0.29) is 36.1 Å². The summed E-state index contributed by atoms with van der Waals surface area (Å²) < 4.78 is 7.61. The van der Waals surface area contributed by atoms with Crippen molar-refractivity contribution >= 4 is 29.9 Å². The third-order valence-electron chi connectivity index (χ3n) is 6.90. The molecule has 38 heavy (non-hydrogen) atoms. The van der Waals surface area contributed by atoms with Crippen LogP contribution >= 0.6 is 12.4 Å². The van der Waals surface area contributed by atoms with E-state index >= 15 is 0 Å². The molecule has 1 aliphatic heterocycles. The molecule has 196 valence electrons. The Bertz CT molecular complexity index is 1370. The van der Waals surface area contributed by atoms with Crippen molar-refractivity contribution in [2.24, 2.45) is 0 Å². The van der Waals surface area contributed by atoms with Gasteiger partial charge in [0.2, 0.25) is 11.8 Å². The number of nitrogens with zero attached hydrogens (tertiary/aromatic N) is 2. The van der Waals surface area contributed by atoms with Crippen LogP contribution in [0.4, 0.5) is 5.69 Å². The maximum atomic E-state index is 13.5. The quantitative estimate of drug-likeness (QED) is 0.259. The summed E-state index contributed by atoms with van der Waals surface area (Å²) >= 11 is 0. The van der Waals surface area contributed by atoms with Crippen molar-refractivity contribution in [1.29, 1.82) is 0 Å². The second-order valence-corrected chi connectivity index (χ2v) is 9.74. The zero-order valence-electron chi connectivity index (χ0n) is 21.6. The van der Waals surface area contributed by atoms with Crippen LogP contribution in [0.3, 0.4) is 0 Å². The molecule has 4 aromatic rings. The minimum Gasteiger partial charge on any atom is -0.457 e. The molecule has 3 aromatic carbocycles. The van der Waals surface area contributed by atoms with Crippen LogP contribution in [0.5, 0.6) is 11.5 Å². The lowest BCUT2D eigenvalue weighted by molar-refractivity contribution is -0.116. The summed E-state index contributed by atoms with van der Waals surface area (Å²) in [6.07, 6.45) is 6.89. The largest absolute Gasteiger partial charge is 0.457 e. The summed E-state index contributed by atoms with van der Waals surface area (Å²) in [5, 5.41) is 3.26. The number of rotatable bonds is 8. The van der Waals surface area contributed by atoms with Crippen molar-refractivity contribution in [3.05, 3.63) is 108 Å². The van der Waals surface area contributed by atoms with Gasteiger partial charge in [-0.3, -0.25) is 14.2 Å². The smallest absolute Gasteiger partial charge is 0.231 e. The molecule has 7 heteroatoms. The molecular formula is C31H32ClN3O3. The summed E-state index contributed by atoms with van der Waals surface area (Å²) in [5.41, 5.74) is 5.05. The van der Waals surface area contributed by atoms with Gasteiger partial charge in [-0.2, -0.15) is 0 Å². The molecule has 0 saturated carbocycles. The maximum Gasteiger partial charge on any atom is 0.231 e. The normalized spacial score (nSPS) is 12.2. The third-order valence-corrected chi connectivity index (χ3v) is 6.90. The van der Waals surface area contributed by atoms with Gasteiger partial charge in [-0.1, -0.05) is 68.4 Å². The fraction of sp³-hybridized carbons (Fsp3) is 0.258. The Morgan fingerprint density at radius 3 is 2.29 bits per heavy atom. The molecule has 0 unspecified atom stereocenters. The van der Waals surface area contributed by atoms with Gasteiger partial charge < -0.3 is 10.1 Å². The van der Waals surface area contributed by atoms with E-state index in [1.807, 2.05) is 60.7 Å². The molecule has 0 saturated heterocycles. The molecular weight excluding hydrogens is 498 g/mol. The Morgan fingerprint density at radius 1 is 0.974 bits per heavy atom. The molecule has 0 fully saturated rings. The van der Waals surface area contributed by atoms with E-state index < -0.39 is 0 Å². The lowest BCUT2D eigenvalue weighted by atomic mass is 9.85. The number of imidazole rings is 1. The fourth-order valence-corrected chi connectivity index (χ4v) is 5.03. The van der Waals surface area contributed by atoms with Crippen LogP contribution in [-0.4, -0.2) is 21.4 Å². The molecule has 0 bridgehead atoms. The molecule has 0 atom stereocenters. The minimum atomic E-state index is -0.0939. The first kappa shape index (κ1) is 27.1. The second kappa shape index (κ2) is 12.1. The molecule has 2 heterocycles. The van der Waals surface area contributed by atoms with Crippen molar-refractivity contribution in [2.75, 3.05) is 5.32 Å². The number of carbonyl (C=O) groups is 2. The van der Waals surface area contributed by atoms with Crippen LogP contribution in [0.15, 0.2) is 85.5 Å². The van der Waals surface area contributed by atoms with E-state index in [2.05, 4.69) is 30.2 Å². The molecule has 0 aliphatic carbocycles. The van der Waals surface area contributed by atoms with Crippen molar-refractivity contribution < 1.29 is 14.3 Å². The summed E-state index contributed by atoms with van der Waals surface area (Å²) in [6, 6.07) is 22.0. The van der Waals surface area contributed by atoms with Crippen LogP contribution in [0, 0.1) is 0 Å². The Morgan fingerprint density at radius 2 is 1.66 bits per heavy atom. The van der Waals surface area contributed by atoms with E-state index in [0.29, 0.717) is 25.7 Å². The first-order valence-electron chi connectivity index (χ1n) is 12.8. The highest BCUT2D eigenvalue weighted by atomic mass is 35.5. The van der Waals surface area contributed by atoms with Crippen LogP contribution in [0.25, 0.3) is 0 Å². The Hall–Kier alpha value is -3.90. The summed E-state index contributed by atoms with van der Waals surface area (Å²) in [5.74, 6) is 1.71. The van der Waals surface area contributed by atoms with Crippen LogP contribution in [-0.2, 0) is 11.2 Å². The maximum absolute atomic E-state index is 13.5. The number of carbonyl (C=O) groups excluding carboxylic acids is 2. The minimum absolute atomic E-state index is 0. The van der Waals surface area contributed by atoms with Gasteiger partial charge >= 0.3 is 0 Å². The van der Waals surface area contributed by atoms with Crippen molar-refractivity contribution in [3.8, 4) is 11.5 Å². The molecule has 1 aliphatic rings. The molecule has 6 nitrogen and oxygen atoms in total. The number of aromatic nitrogens is 2. The van der Waals surface area contributed by atoms with E-state index in [1.54, 1.807) is 12.4 Å². The number of amides is 1. The van der Waals surface area contributed by atoms with Gasteiger partial charge in [-0.15, -0.1) is 12.4 Å². The fourth-order valence-electron chi connectivity index (χ4n) is 5.03. The summed E-state index contributed by atoms with van der Waals surface area (Å²) in [6.45, 7) is 4.25. The van der Waals surface area contributed by atoms with Crippen molar-refractivity contribution in [2.45, 2.75) is 51.4 Å². The van der Waals surface area contributed by atoms with Crippen molar-refractivity contribution in [1.82, 2.24) is 9.55 Å². The third kappa shape index (κ3) is 5.81. The SMILES string of the molecule is CC(C)c1cccc(CCCC(=O)n2ccnc2)c1NC(=O)CC1c2ccccc2Oc2ccccc21.Cl. The molecule has 5 rings (SSSR count). The number of para-hydroxylation sites is 3. The number of hydrogen-bond donors (Lipinski definition) is 1. The Balaban J connectivity index is 0.00000336. The van der Waals surface area contributed by atoms with Gasteiger partial charge in [0.25, 0.3) is 0 Å². The van der Waals surface area contributed by atoms with Gasteiger partial charge in [0, 0.05) is 48.0 Å². The van der Waals surface area contributed by atoms with Crippen LogP contribution in [0.2, 0.25) is 0 Å². The Kier molecular flexibility index (Phi) is 8.64. The molecule has 1 amide bonds. The second-order valence-electron chi connectivity index (χ2n) is 9.74. The molecule has 1 aromatic heterocycles. The highest BCUT2D eigenvalue weighted by Crippen LogP contribution is 2.45. The first-order valence-corrected chi connectivity index (χ1v) is 12.8. The van der Waals surface area contributed by atoms with Crippen LogP contribution < -0.4 is 10.1 Å². The highest BCUT2D eigenvalue weighted by Gasteiger charge is 2.29. The predicted molar refractivity (Wildman–Crippen MR) is 152 cm³/mol. The number of hydrogen-bond acceptors (Lipinski definition) is 4. The molecule has 1 N–H and O–H groups in total. The van der Waals surface area contributed by atoms with E-state index in [0.717, 1.165) is 39.4 Å². The van der Waals surface area contributed by atoms with Crippen molar-refractivity contribution in [3.63, 3.8) is 0 Å². The first-order chi connectivity index (χ1) is 18.0. The monoisotopic (exact) mass is 529 g/mol. The van der Waals surface area contributed by atoms with Crippen LogP contribution in [0.1, 0.15) is 72.0 Å². The number of benzene rings is 3. The molecule has 0 radical (unpaired) electrons. The van der Waals surface area contributed by atoms with Gasteiger partial charge in [0.1, 0.15) is 17.8 Å². The number of ether oxygens (including phenoxy) is 1.